The fraction of sp³-hybridized carbons (Fsp3) is 0.840. The van der Waals surface area contributed by atoms with Crippen molar-refractivity contribution in [3.8, 4) is 0 Å². The number of rotatable bonds is 63. The topological polar surface area (TPSA) is 307 Å². The first-order valence-electron chi connectivity index (χ1n) is 40.2. The van der Waals surface area contributed by atoms with Gasteiger partial charge in [0.05, 0.1) is 38.6 Å². The van der Waals surface area contributed by atoms with E-state index in [0.717, 1.165) is 89.9 Å². The van der Waals surface area contributed by atoms with E-state index in [1.807, 2.05) is 0 Å². The highest BCUT2D eigenvalue weighted by molar-refractivity contribution is 5.76. The minimum absolute atomic E-state index is 0.233. The zero-order valence-electron chi connectivity index (χ0n) is 62.2. The number of aliphatic hydroxyl groups excluding tert-OH is 11. The number of carbonyl (C=O) groups is 1. The molecular formula is C81H145NO18. The Balaban J connectivity index is 1.37. The third-order valence-corrected chi connectivity index (χ3v) is 19.8. The lowest BCUT2D eigenvalue weighted by molar-refractivity contribution is -0.379. The van der Waals surface area contributed by atoms with Crippen LogP contribution in [-0.2, 0) is 33.2 Å². The van der Waals surface area contributed by atoms with Crippen LogP contribution < -0.4 is 5.32 Å². The van der Waals surface area contributed by atoms with Crippen LogP contribution in [0.2, 0.25) is 0 Å². The Morgan fingerprint density at radius 2 is 0.690 bits per heavy atom. The van der Waals surface area contributed by atoms with Crippen molar-refractivity contribution in [3.05, 3.63) is 72.9 Å². The highest BCUT2D eigenvalue weighted by Gasteiger charge is 2.54. The molecule has 0 saturated carbocycles. The van der Waals surface area contributed by atoms with Crippen molar-refractivity contribution in [1.29, 1.82) is 0 Å². The monoisotopic (exact) mass is 1420 g/mol. The second-order valence-corrected chi connectivity index (χ2v) is 28.5. The summed E-state index contributed by atoms with van der Waals surface area (Å²) in [5.41, 5.74) is 0. The molecule has 19 nitrogen and oxygen atoms in total. The van der Waals surface area contributed by atoms with Crippen molar-refractivity contribution in [1.82, 2.24) is 5.32 Å². The quantitative estimate of drug-likeness (QED) is 0.0199. The molecule has 17 unspecified atom stereocenters. The van der Waals surface area contributed by atoms with Gasteiger partial charge in [-0.2, -0.15) is 0 Å². The van der Waals surface area contributed by atoms with Crippen LogP contribution in [0.5, 0.6) is 0 Å². The first kappa shape index (κ1) is 91.4. The number of nitrogens with one attached hydrogen (secondary N) is 1. The van der Waals surface area contributed by atoms with Gasteiger partial charge in [0, 0.05) is 6.42 Å². The van der Waals surface area contributed by atoms with E-state index in [4.69, 9.17) is 28.4 Å². The number of hydrogen-bond donors (Lipinski definition) is 12. The lowest BCUT2D eigenvalue weighted by Gasteiger charge is -2.48. The van der Waals surface area contributed by atoms with E-state index in [0.29, 0.717) is 12.8 Å². The van der Waals surface area contributed by atoms with Gasteiger partial charge in [-0.15, -0.1) is 0 Å². The van der Waals surface area contributed by atoms with Gasteiger partial charge in [0.25, 0.3) is 0 Å². The van der Waals surface area contributed by atoms with Gasteiger partial charge in [-0.25, -0.2) is 0 Å². The Hall–Kier alpha value is -2.77. The molecule has 582 valence electrons. The second kappa shape index (κ2) is 61.4. The van der Waals surface area contributed by atoms with Crippen LogP contribution in [0.4, 0.5) is 0 Å². The third-order valence-electron chi connectivity index (χ3n) is 19.8. The number of hydrogen-bond acceptors (Lipinski definition) is 18. The van der Waals surface area contributed by atoms with E-state index in [1.165, 1.54) is 180 Å². The molecule has 0 bridgehead atoms. The number of amides is 1. The van der Waals surface area contributed by atoms with Crippen molar-refractivity contribution in [3.63, 3.8) is 0 Å². The van der Waals surface area contributed by atoms with Crippen LogP contribution in [0.3, 0.4) is 0 Å². The number of aliphatic hydroxyl groups is 11. The summed E-state index contributed by atoms with van der Waals surface area (Å²) in [6, 6.07) is -0.908. The summed E-state index contributed by atoms with van der Waals surface area (Å²) in [7, 11) is 0. The summed E-state index contributed by atoms with van der Waals surface area (Å²) in [6.07, 6.45) is 52.8. The Morgan fingerprint density at radius 1 is 0.370 bits per heavy atom. The number of ether oxygens (including phenoxy) is 6. The predicted molar refractivity (Wildman–Crippen MR) is 397 cm³/mol. The lowest BCUT2D eigenvalue weighted by atomic mass is 9.96. The van der Waals surface area contributed by atoms with Gasteiger partial charge in [-0.1, -0.05) is 305 Å². The van der Waals surface area contributed by atoms with Gasteiger partial charge in [-0.05, 0) is 64.2 Å². The zero-order chi connectivity index (χ0) is 72.5. The van der Waals surface area contributed by atoms with Gasteiger partial charge in [0.1, 0.15) is 73.2 Å². The highest BCUT2D eigenvalue weighted by atomic mass is 16.8. The van der Waals surface area contributed by atoms with E-state index in [-0.39, 0.29) is 18.9 Å². The van der Waals surface area contributed by atoms with E-state index >= 15 is 0 Å². The number of unbranched alkanes of at least 4 members (excludes halogenated alkanes) is 35. The first-order valence-corrected chi connectivity index (χ1v) is 40.2. The van der Waals surface area contributed by atoms with Gasteiger partial charge >= 0.3 is 0 Å². The SMILES string of the molecule is CC/C=C\C/C=C\C/C=C\C/C=C\C/C=C\C/C=C\CCCCCCC(=O)NC(COC1OC(CO)C(OC2OC(CO)C(OC3OC(CO)C(O)C(O)C3O)C(O)C2O)C(O)C1O)C(O)CCCCCCCCCCCCCCCCCCCCCCCCCCCCCCCCCC. The van der Waals surface area contributed by atoms with Crippen LogP contribution in [-0.4, -0.2) is 193 Å². The third kappa shape index (κ3) is 41.2. The largest absolute Gasteiger partial charge is 0.394 e. The van der Waals surface area contributed by atoms with Crippen LogP contribution in [0, 0.1) is 0 Å². The minimum atomic E-state index is -1.98. The first-order chi connectivity index (χ1) is 48.8. The Morgan fingerprint density at radius 3 is 1.08 bits per heavy atom. The molecule has 12 N–H and O–H groups in total. The van der Waals surface area contributed by atoms with Crippen LogP contribution in [0.1, 0.15) is 303 Å². The maximum Gasteiger partial charge on any atom is 0.220 e. The lowest BCUT2D eigenvalue weighted by Crippen LogP contribution is -2.66. The van der Waals surface area contributed by atoms with Gasteiger partial charge in [-0.3, -0.25) is 4.79 Å². The molecule has 3 aliphatic rings. The van der Waals surface area contributed by atoms with Crippen molar-refractivity contribution in [2.24, 2.45) is 0 Å². The highest BCUT2D eigenvalue weighted by Crippen LogP contribution is 2.33. The fourth-order valence-corrected chi connectivity index (χ4v) is 13.4. The number of allylic oxidation sites excluding steroid dienone is 12. The maximum atomic E-state index is 13.5. The Kier molecular flexibility index (Phi) is 56.1. The summed E-state index contributed by atoms with van der Waals surface area (Å²) in [4.78, 5) is 13.5. The average molecular weight is 1420 g/mol. The molecule has 3 fully saturated rings. The Labute approximate surface area is 604 Å². The van der Waals surface area contributed by atoms with Gasteiger partial charge in [0.15, 0.2) is 18.9 Å². The normalized spacial score (nSPS) is 26.8. The van der Waals surface area contributed by atoms with Gasteiger partial charge in [0.2, 0.25) is 5.91 Å². The van der Waals surface area contributed by atoms with E-state index < -0.39 is 124 Å². The van der Waals surface area contributed by atoms with Crippen LogP contribution in [0.25, 0.3) is 0 Å². The molecule has 0 radical (unpaired) electrons. The molecule has 0 aromatic carbocycles. The average Bonchev–Trinajstić information content (AvgIpc) is 0.783. The molecule has 17 atom stereocenters. The number of carbonyl (C=O) groups excluding carboxylic acids is 1. The molecule has 1 amide bonds. The molecule has 0 aromatic rings. The molecule has 3 heterocycles. The molecule has 3 rings (SSSR count). The van der Waals surface area contributed by atoms with Crippen molar-refractivity contribution >= 4 is 5.91 Å². The fourth-order valence-electron chi connectivity index (χ4n) is 13.4. The molecular weight excluding hydrogens is 1270 g/mol. The molecule has 3 aliphatic heterocycles. The van der Waals surface area contributed by atoms with Gasteiger partial charge < -0.3 is 89.9 Å². The summed E-state index contributed by atoms with van der Waals surface area (Å²) >= 11 is 0. The van der Waals surface area contributed by atoms with E-state index in [1.54, 1.807) is 0 Å². The van der Waals surface area contributed by atoms with Crippen LogP contribution in [0.15, 0.2) is 72.9 Å². The molecule has 100 heavy (non-hydrogen) atoms. The van der Waals surface area contributed by atoms with E-state index in [9.17, 15) is 61.0 Å². The molecule has 0 spiro atoms. The van der Waals surface area contributed by atoms with Crippen molar-refractivity contribution < 1.29 is 89.4 Å². The second-order valence-electron chi connectivity index (χ2n) is 28.5. The maximum absolute atomic E-state index is 13.5. The van der Waals surface area contributed by atoms with Crippen LogP contribution >= 0.6 is 0 Å². The predicted octanol–water partition coefficient (Wildman–Crippen LogP) is 13.2. The molecule has 0 aromatic heterocycles. The van der Waals surface area contributed by atoms with E-state index in [2.05, 4.69) is 92.1 Å². The zero-order valence-corrected chi connectivity index (χ0v) is 62.2. The van der Waals surface area contributed by atoms with Crippen molar-refractivity contribution in [2.45, 2.75) is 407 Å². The summed E-state index contributed by atoms with van der Waals surface area (Å²) in [5, 5.41) is 121. The smallest absolute Gasteiger partial charge is 0.220 e. The summed E-state index contributed by atoms with van der Waals surface area (Å²) in [6.45, 7) is 1.70. The molecule has 3 saturated heterocycles. The Bertz CT molecular complexity index is 2090. The summed E-state index contributed by atoms with van der Waals surface area (Å²) in [5.74, 6) is -0.266. The standard InChI is InChI=1S/C81H145NO18/c1-3-5-7-9-11-13-15-17-19-21-23-25-27-28-29-30-31-32-33-34-35-37-38-40-42-44-46-48-50-52-54-56-58-65(86)64(82-69(87)59-57-55-53-51-49-47-45-43-41-39-36-26-24-22-20-18-16-14-12-10-8-6-4-2)63-95-79-75(93)72(90)77(67(61-84)97-79)100-81-76(94)73(91)78(68(62-85)98-81)99-80-74(92)71(89)70(88)66(60-83)96-80/h6,8,12,14,18,20,24,26,39,41,45,47,64-68,70-81,83-86,88-94H,3-5,7,9-11,13,15-17,19,21-23,25,27-38,40,42-44,46,48-63H2,1-2H3,(H,82,87)/b8-6-,14-12-,20-18-,26-24-,41-39-,47-45-. The molecule has 0 aliphatic carbocycles. The van der Waals surface area contributed by atoms with Crippen molar-refractivity contribution in [2.75, 3.05) is 26.4 Å². The molecule has 19 heteroatoms. The summed E-state index contributed by atoms with van der Waals surface area (Å²) < 4.78 is 34.5. The minimum Gasteiger partial charge on any atom is -0.394 e.